The number of aryl methyl sites for hydroxylation is 1. The molecule has 0 fully saturated rings. The predicted molar refractivity (Wildman–Crippen MR) is 101 cm³/mol. The molecule has 2 aromatic carbocycles. The van der Waals surface area contributed by atoms with Crippen LogP contribution in [0.1, 0.15) is 17.0 Å². The Balaban J connectivity index is 1.61. The van der Waals surface area contributed by atoms with Crippen LogP contribution < -0.4 is 10.1 Å². The van der Waals surface area contributed by atoms with Crippen molar-refractivity contribution in [2.75, 3.05) is 19.0 Å². The Labute approximate surface area is 169 Å². The third kappa shape index (κ3) is 5.28. The Bertz CT molecular complexity index is 1020. The van der Waals surface area contributed by atoms with E-state index in [2.05, 4.69) is 20.2 Å². The van der Waals surface area contributed by atoms with Crippen LogP contribution in [0.4, 0.5) is 18.9 Å². The molecule has 10 heteroatoms. The molecule has 0 aliphatic heterocycles. The molecule has 1 aromatic heterocycles. The van der Waals surface area contributed by atoms with Crippen molar-refractivity contribution in [3.63, 3.8) is 0 Å². The fourth-order valence-corrected chi connectivity index (χ4v) is 2.55. The highest BCUT2D eigenvalue weighted by atomic mass is 19.4. The number of hydrogen-bond acceptors (Lipinski definition) is 7. The van der Waals surface area contributed by atoms with E-state index in [0.717, 1.165) is 23.4 Å². The van der Waals surface area contributed by atoms with Gasteiger partial charge in [0.1, 0.15) is 5.75 Å². The number of carbonyl (C=O) groups is 1. The van der Waals surface area contributed by atoms with E-state index < -0.39 is 17.7 Å². The third-order valence-electron chi connectivity index (χ3n) is 4.15. The molecular weight excluding hydrogens is 403 g/mol. The van der Waals surface area contributed by atoms with E-state index in [0.29, 0.717) is 11.3 Å². The minimum absolute atomic E-state index is 0.183. The number of aromatic nitrogens is 2. The molecule has 3 aromatic rings. The van der Waals surface area contributed by atoms with Gasteiger partial charge in [-0.2, -0.15) is 18.2 Å². The molecule has 1 N–H and O–H groups in total. The van der Waals surface area contributed by atoms with Gasteiger partial charge in [-0.05, 0) is 42.8 Å². The van der Waals surface area contributed by atoms with Gasteiger partial charge in [-0.15, -0.1) is 0 Å². The fourth-order valence-electron chi connectivity index (χ4n) is 2.55. The largest absolute Gasteiger partial charge is 0.482 e. The van der Waals surface area contributed by atoms with Gasteiger partial charge in [-0.25, -0.2) is 4.79 Å². The van der Waals surface area contributed by atoms with Gasteiger partial charge in [0.05, 0.1) is 19.2 Å². The molecule has 0 spiro atoms. The molecule has 0 aliphatic carbocycles. The summed E-state index contributed by atoms with van der Waals surface area (Å²) in [4.78, 5) is 15.3. The Hall–Kier alpha value is -3.56. The number of hydrogen-bond donors (Lipinski definition) is 1. The summed E-state index contributed by atoms with van der Waals surface area (Å²) >= 11 is 0. The number of benzene rings is 2. The van der Waals surface area contributed by atoms with Crippen LogP contribution in [0.5, 0.6) is 5.75 Å². The molecule has 0 amide bonds. The highest BCUT2D eigenvalue weighted by Gasteiger charge is 2.30. The Kier molecular flexibility index (Phi) is 6.24. The lowest BCUT2D eigenvalue weighted by Gasteiger charge is -2.10. The van der Waals surface area contributed by atoms with Gasteiger partial charge >= 0.3 is 12.1 Å². The number of nitrogens with one attached hydrogen (secondary N) is 1. The van der Waals surface area contributed by atoms with Crippen molar-refractivity contribution in [3.05, 3.63) is 59.5 Å². The average Bonchev–Trinajstić information content (AvgIpc) is 3.19. The summed E-state index contributed by atoms with van der Waals surface area (Å²) in [5, 5.41) is 6.94. The van der Waals surface area contributed by atoms with E-state index in [4.69, 9.17) is 9.26 Å². The first-order valence-electron chi connectivity index (χ1n) is 8.80. The van der Waals surface area contributed by atoms with Crippen LogP contribution in [0, 0.1) is 6.92 Å². The maximum absolute atomic E-state index is 12.7. The molecule has 0 bridgehead atoms. The first-order valence-corrected chi connectivity index (χ1v) is 8.80. The summed E-state index contributed by atoms with van der Waals surface area (Å²) in [5.74, 6) is 0.514. The van der Waals surface area contributed by atoms with Crippen LogP contribution in [0.3, 0.4) is 0 Å². The average molecular weight is 421 g/mol. The molecular formula is C20H18F3N3O4. The zero-order chi connectivity index (χ0) is 21.7. The normalized spacial score (nSPS) is 11.2. The van der Waals surface area contributed by atoms with Crippen LogP contribution in [-0.4, -0.2) is 29.8 Å². The smallest absolute Gasteiger partial charge is 0.416 e. The summed E-state index contributed by atoms with van der Waals surface area (Å²) in [6.45, 7) is 1.89. The molecule has 158 valence electrons. The van der Waals surface area contributed by atoms with Gasteiger partial charge in [-0.3, -0.25) is 0 Å². The van der Waals surface area contributed by atoms with Crippen molar-refractivity contribution in [1.29, 1.82) is 0 Å². The summed E-state index contributed by atoms with van der Waals surface area (Å²) in [6.07, 6.45) is -4.40. The lowest BCUT2D eigenvalue weighted by molar-refractivity contribution is -0.143. The van der Waals surface area contributed by atoms with Gasteiger partial charge in [0.2, 0.25) is 11.7 Å². The quantitative estimate of drug-likeness (QED) is 0.572. The molecule has 7 nitrogen and oxygen atoms in total. The first kappa shape index (κ1) is 21.2. The van der Waals surface area contributed by atoms with Gasteiger partial charge in [0.25, 0.3) is 0 Å². The predicted octanol–water partition coefficient (Wildman–Crippen LogP) is 4.23. The van der Waals surface area contributed by atoms with Crippen molar-refractivity contribution < 1.29 is 32.0 Å². The number of methoxy groups -OCH3 is 1. The number of carbonyl (C=O) groups excluding carboxylic acids is 1. The van der Waals surface area contributed by atoms with Crippen molar-refractivity contribution >= 4 is 11.7 Å². The Morgan fingerprint density at radius 2 is 1.90 bits per heavy atom. The summed E-state index contributed by atoms with van der Waals surface area (Å²) in [5.41, 5.74) is 1.32. The molecule has 0 saturated heterocycles. The number of esters is 1. The zero-order valence-electron chi connectivity index (χ0n) is 16.1. The lowest BCUT2D eigenvalue weighted by Crippen LogP contribution is -2.12. The lowest BCUT2D eigenvalue weighted by atomic mass is 10.1. The van der Waals surface area contributed by atoms with Crippen LogP contribution in [0.25, 0.3) is 11.4 Å². The molecule has 1 heterocycles. The second-order valence-electron chi connectivity index (χ2n) is 6.28. The van der Waals surface area contributed by atoms with Crippen LogP contribution in [0.2, 0.25) is 0 Å². The maximum Gasteiger partial charge on any atom is 0.416 e. The van der Waals surface area contributed by atoms with Crippen molar-refractivity contribution in [1.82, 2.24) is 10.1 Å². The number of alkyl halides is 3. The molecule has 0 saturated carbocycles. The van der Waals surface area contributed by atoms with E-state index in [-0.39, 0.29) is 24.9 Å². The Morgan fingerprint density at radius 1 is 1.17 bits per heavy atom. The summed E-state index contributed by atoms with van der Waals surface area (Å²) in [6, 6.07) is 9.75. The van der Waals surface area contributed by atoms with E-state index >= 15 is 0 Å². The van der Waals surface area contributed by atoms with Crippen molar-refractivity contribution in [2.45, 2.75) is 19.6 Å². The highest BCUT2D eigenvalue weighted by Crippen LogP contribution is 2.30. The number of halogens is 3. The molecule has 0 unspecified atom stereocenters. The standard InChI is InChI=1S/C20H18F3N3O4/c1-12-9-15(29-11-18(27)28-2)7-8-16(12)24-10-17-25-19(26-30-17)13-3-5-14(6-4-13)20(21,22)23/h3-9,24H,10-11H2,1-2H3. The fraction of sp³-hybridized carbons (Fsp3) is 0.250. The molecule has 0 aliphatic rings. The van der Waals surface area contributed by atoms with Gasteiger partial charge in [-0.1, -0.05) is 17.3 Å². The molecule has 30 heavy (non-hydrogen) atoms. The topological polar surface area (TPSA) is 86.5 Å². The molecule has 0 radical (unpaired) electrons. The molecule has 3 rings (SSSR count). The van der Waals surface area contributed by atoms with E-state index in [1.807, 2.05) is 6.92 Å². The SMILES string of the molecule is COC(=O)COc1ccc(NCc2nc(-c3ccc(C(F)(F)F)cc3)no2)c(C)c1. The Morgan fingerprint density at radius 3 is 2.53 bits per heavy atom. The van der Waals surface area contributed by atoms with Gasteiger partial charge in [0, 0.05) is 11.3 Å². The van der Waals surface area contributed by atoms with Crippen molar-refractivity contribution in [3.8, 4) is 17.1 Å². The monoisotopic (exact) mass is 421 g/mol. The second kappa shape index (κ2) is 8.85. The summed E-state index contributed by atoms with van der Waals surface area (Å²) in [7, 11) is 1.28. The summed E-state index contributed by atoms with van der Waals surface area (Å²) < 4.78 is 53.0. The van der Waals surface area contributed by atoms with Crippen molar-refractivity contribution in [2.24, 2.45) is 0 Å². The zero-order valence-corrected chi connectivity index (χ0v) is 16.1. The van der Waals surface area contributed by atoms with Gasteiger partial charge < -0.3 is 19.3 Å². The first-order chi connectivity index (χ1) is 14.3. The molecule has 0 atom stereocenters. The second-order valence-corrected chi connectivity index (χ2v) is 6.28. The highest BCUT2D eigenvalue weighted by molar-refractivity contribution is 5.71. The van der Waals surface area contributed by atoms with E-state index in [1.165, 1.54) is 19.2 Å². The number of anilines is 1. The minimum atomic E-state index is -4.40. The van der Waals surface area contributed by atoms with Crippen LogP contribution in [0.15, 0.2) is 47.0 Å². The van der Waals surface area contributed by atoms with Crippen LogP contribution in [-0.2, 0) is 22.3 Å². The minimum Gasteiger partial charge on any atom is -0.482 e. The number of ether oxygens (including phenoxy) is 2. The van der Waals surface area contributed by atoms with E-state index in [9.17, 15) is 18.0 Å². The van der Waals surface area contributed by atoms with Crippen LogP contribution >= 0.6 is 0 Å². The number of rotatable bonds is 7. The van der Waals surface area contributed by atoms with E-state index in [1.54, 1.807) is 18.2 Å². The third-order valence-corrected chi connectivity index (χ3v) is 4.15. The van der Waals surface area contributed by atoms with Gasteiger partial charge in [0.15, 0.2) is 6.61 Å². The number of nitrogens with zero attached hydrogens (tertiary/aromatic N) is 2. The maximum atomic E-state index is 12.7.